The fourth-order valence-corrected chi connectivity index (χ4v) is 4.04. The molecule has 9 nitrogen and oxygen atoms in total. The van der Waals surface area contributed by atoms with E-state index in [0.717, 1.165) is 30.1 Å². The molecule has 1 N–H and O–H groups in total. The average Bonchev–Trinajstić information content (AvgIpc) is 3.11. The van der Waals surface area contributed by atoms with E-state index in [1.165, 1.54) is 0 Å². The van der Waals surface area contributed by atoms with E-state index in [1.54, 1.807) is 27.4 Å². The number of aromatic nitrogens is 5. The van der Waals surface area contributed by atoms with Crippen molar-refractivity contribution in [2.24, 2.45) is 0 Å². The summed E-state index contributed by atoms with van der Waals surface area (Å²) in [5, 5.41) is 4.35. The molecule has 1 aliphatic rings. The first-order valence-electron chi connectivity index (χ1n) is 10.3. The molecule has 0 radical (unpaired) electrons. The van der Waals surface area contributed by atoms with Crippen LogP contribution in [0, 0.1) is 13.8 Å². The zero-order valence-electron chi connectivity index (χ0n) is 17.3. The van der Waals surface area contributed by atoms with Crippen molar-refractivity contribution in [1.82, 2.24) is 29.0 Å². The number of likely N-dealkylation sites (tertiary alicyclic amines) is 1. The summed E-state index contributed by atoms with van der Waals surface area (Å²) in [7, 11) is 0. The van der Waals surface area contributed by atoms with E-state index in [9.17, 15) is 14.4 Å². The van der Waals surface area contributed by atoms with Crippen molar-refractivity contribution in [2.45, 2.75) is 52.0 Å². The largest absolute Gasteiger partial charge is 0.343 e. The fraction of sp³-hybridized carbons (Fsp3) is 0.476. The van der Waals surface area contributed by atoms with Crippen LogP contribution in [0.4, 0.5) is 0 Å². The first-order chi connectivity index (χ1) is 14.4. The number of carbonyl (C=O) groups excluding carboxylic acids is 1. The van der Waals surface area contributed by atoms with Gasteiger partial charge in [0.25, 0.3) is 11.1 Å². The zero-order valence-corrected chi connectivity index (χ0v) is 17.3. The molecule has 30 heavy (non-hydrogen) atoms. The van der Waals surface area contributed by atoms with Gasteiger partial charge in [0.1, 0.15) is 11.3 Å². The smallest absolute Gasteiger partial charge is 0.274 e. The van der Waals surface area contributed by atoms with Crippen LogP contribution in [0.5, 0.6) is 0 Å². The van der Waals surface area contributed by atoms with Crippen LogP contribution in [0.1, 0.15) is 48.9 Å². The lowest BCUT2D eigenvalue weighted by Gasteiger charge is -2.32. The Kier molecular flexibility index (Phi) is 5.52. The van der Waals surface area contributed by atoms with Gasteiger partial charge in [0, 0.05) is 37.5 Å². The van der Waals surface area contributed by atoms with Crippen molar-refractivity contribution in [1.29, 1.82) is 0 Å². The van der Waals surface area contributed by atoms with Crippen molar-refractivity contribution in [3.8, 4) is 0 Å². The number of imidazole rings is 1. The first-order valence-corrected chi connectivity index (χ1v) is 10.3. The maximum absolute atomic E-state index is 12.6. The van der Waals surface area contributed by atoms with Gasteiger partial charge in [-0.2, -0.15) is 5.10 Å². The number of nitrogens with one attached hydrogen (secondary N) is 1. The topological polar surface area (TPSA) is 105 Å². The molecule has 1 fully saturated rings. The molecule has 0 unspecified atom stereocenters. The maximum atomic E-state index is 12.6. The molecule has 0 atom stereocenters. The van der Waals surface area contributed by atoms with E-state index >= 15 is 0 Å². The Morgan fingerprint density at radius 2 is 1.97 bits per heavy atom. The molecule has 1 aliphatic heterocycles. The van der Waals surface area contributed by atoms with Gasteiger partial charge in [0.2, 0.25) is 5.91 Å². The molecule has 3 aromatic heterocycles. The number of rotatable bonds is 5. The third-order valence-electron chi connectivity index (χ3n) is 5.73. The predicted octanol–water partition coefficient (Wildman–Crippen LogP) is 1.38. The summed E-state index contributed by atoms with van der Waals surface area (Å²) in [6, 6.07) is 3.31. The normalized spacial score (nSPS) is 15.1. The molecule has 0 spiro atoms. The van der Waals surface area contributed by atoms with Crippen molar-refractivity contribution in [2.75, 3.05) is 13.1 Å². The number of H-pyrrole nitrogens is 1. The molecule has 1 saturated heterocycles. The Balaban J connectivity index is 1.30. The molecule has 3 aromatic rings. The monoisotopic (exact) mass is 410 g/mol. The SMILES string of the molecule is Cc1ccc(=O)n(C2CCN(C(=O)CCCc3cn4c(C)ncc4c(=O)[nH]3)CC2)n1. The van der Waals surface area contributed by atoms with Gasteiger partial charge in [-0.25, -0.2) is 9.67 Å². The molecule has 9 heteroatoms. The highest BCUT2D eigenvalue weighted by molar-refractivity contribution is 5.76. The number of aryl methyl sites for hydroxylation is 3. The van der Waals surface area contributed by atoms with E-state index in [4.69, 9.17) is 0 Å². The van der Waals surface area contributed by atoms with Gasteiger partial charge in [-0.15, -0.1) is 0 Å². The molecule has 4 rings (SSSR count). The number of fused-ring (bicyclic) bond motifs is 1. The van der Waals surface area contributed by atoms with Crippen molar-refractivity contribution in [3.63, 3.8) is 0 Å². The van der Waals surface area contributed by atoms with E-state index in [0.29, 0.717) is 37.9 Å². The standard InChI is InChI=1S/C21H26N6O3/c1-14-6-7-20(29)27(24-14)17-8-10-25(11-9-17)19(28)5-3-4-16-13-26-15(2)22-12-18(26)21(30)23-16/h6-7,12-13,17H,3-5,8-11H2,1-2H3,(H,23,30). The van der Waals surface area contributed by atoms with Crippen LogP contribution >= 0.6 is 0 Å². The van der Waals surface area contributed by atoms with Gasteiger partial charge in [0.05, 0.1) is 17.9 Å². The summed E-state index contributed by atoms with van der Waals surface area (Å²) in [5.74, 6) is 0.874. The Labute approximate surface area is 173 Å². The van der Waals surface area contributed by atoms with Crippen LogP contribution < -0.4 is 11.1 Å². The number of nitrogens with zero attached hydrogens (tertiary/aromatic N) is 5. The van der Waals surface area contributed by atoms with Gasteiger partial charge in [-0.1, -0.05) is 0 Å². The van der Waals surface area contributed by atoms with Crippen LogP contribution in [0.2, 0.25) is 0 Å². The second-order valence-corrected chi connectivity index (χ2v) is 7.89. The lowest BCUT2D eigenvalue weighted by Crippen LogP contribution is -2.41. The van der Waals surface area contributed by atoms with E-state index in [2.05, 4.69) is 15.1 Å². The minimum Gasteiger partial charge on any atom is -0.343 e. The van der Waals surface area contributed by atoms with Crippen molar-refractivity contribution < 1.29 is 4.79 Å². The van der Waals surface area contributed by atoms with Gasteiger partial charge >= 0.3 is 0 Å². The molecule has 0 saturated carbocycles. The number of amides is 1. The Bertz CT molecular complexity index is 1180. The first kappa shape index (κ1) is 20.1. The Morgan fingerprint density at radius 1 is 1.20 bits per heavy atom. The van der Waals surface area contributed by atoms with Crippen molar-refractivity contribution in [3.05, 3.63) is 62.4 Å². The number of carbonyl (C=O) groups is 1. The minimum atomic E-state index is -0.165. The second kappa shape index (κ2) is 8.25. The van der Waals surface area contributed by atoms with Gasteiger partial charge in [-0.3, -0.25) is 18.8 Å². The molecule has 0 aromatic carbocycles. The predicted molar refractivity (Wildman–Crippen MR) is 112 cm³/mol. The quantitative estimate of drug-likeness (QED) is 0.684. The summed E-state index contributed by atoms with van der Waals surface area (Å²) in [5.41, 5.74) is 1.88. The number of hydrogen-bond acceptors (Lipinski definition) is 5. The van der Waals surface area contributed by atoms with Gasteiger partial charge < -0.3 is 9.88 Å². The van der Waals surface area contributed by atoms with Crippen LogP contribution in [-0.4, -0.2) is 48.0 Å². The molecule has 1 amide bonds. The van der Waals surface area contributed by atoms with Gasteiger partial charge in [-0.05, 0) is 45.6 Å². The second-order valence-electron chi connectivity index (χ2n) is 7.89. The fourth-order valence-electron chi connectivity index (χ4n) is 4.04. The molecule has 158 valence electrons. The third-order valence-corrected chi connectivity index (χ3v) is 5.73. The maximum Gasteiger partial charge on any atom is 0.274 e. The van der Waals surface area contributed by atoms with Crippen molar-refractivity contribution >= 4 is 11.4 Å². The Morgan fingerprint density at radius 3 is 2.73 bits per heavy atom. The summed E-state index contributed by atoms with van der Waals surface area (Å²) in [4.78, 5) is 45.7. The van der Waals surface area contributed by atoms with Gasteiger partial charge in [0.15, 0.2) is 0 Å². The van der Waals surface area contributed by atoms with Crippen LogP contribution in [0.3, 0.4) is 0 Å². The number of aromatic amines is 1. The van der Waals surface area contributed by atoms with Crippen LogP contribution in [-0.2, 0) is 11.2 Å². The number of hydrogen-bond donors (Lipinski definition) is 1. The summed E-state index contributed by atoms with van der Waals surface area (Å²) in [6.45, 7) is 4.97. The van der Waals surface area contributed by atoms with Crippen LogP contribution in [0.25, 0.3) is 5.52 Å². The van der Waals surface area contributed by atoms with E-state index in [1.807, 2.05) is 24.9 Å². The third kappa shape index (κ3) is 4.05. The van der Waals surface area contributed by atoms with E-state index in [-0.39, 0.29) is 23.1 Å². The minimum absolute atomic E-state index is 0.0386. The zero-order chi connectivity index (χ0) is 21.3. The molecular weight excluding hydrogens is 384 g/mol. The highest BCUT2D eigenvalue weighted by Crippen LogP contribution is 2.21. The van der Waals surface area contributed by atoms with E-state index < -0.39 is 0 Å². The van der Waals surface area contributed by atoms with Crippen LogP contribution in [0.15, 0.2) is 34.1 Å². The molecule has 0 bridgehead atoms. The molecule has 4 heterocycles. The number of piperidine rings is 1. The highest BCUT2D eigenvalue weighted by atomic mass is 16.2. The average molecular weight is 410 g/mol. The summed E-state index contributed by atoms with van der Waals surface area (Å²) < 4.78 is 3.34. The molecular formula is C21H26N6O3. The summed E-state index contributed by atoms with van der Waals surface area (Å²) in [6.07, 6.45) is 6.60. The molecule has 0 aliphatic carbocycles. The Hall–Kier alpha value is -3.23. The highest BCUT2D eigenvalue weighted by Gasteiger charge is 2.24. The summed E-state index contributed by atoms with van der Waals surface area (Å²) >= 11 is 0. The lowest BCUT2D eigenvalue weighted by atomic mass is 10.0. The lowest BCUT2D eigenvalue weighted by molar-refractivity contribution is -0.132.